The van der Waals surface area contributed by atoms with Gasteiger partial charge in [-0.25, -0.2) is 0 Å². The number of carbonyl (C=O) groups is 1. The number of hydrogen-bond donors (Lipinski definition) is 1. The highest BCUT2D eigenvalue weighted by Crippen LogP contribution is 2.18. The molecule has 0 fully saturated rings. The summed E-state index contributed by atoms with van der Waals surface area (Å²) in [4.78, 5) is 13.5. The zero-order chi connectivity index (χ0) is 15.1. The van der Waals surface area contributed by atoms with E-state index in [-0.39, 0.29) is 11.9 Å². The van der Waals surface area contributed by atoms with Crippen molar-refractivity contribution in [1.29, 1.82) is 0 Å². The minimum Gasteiger partial charge on any atom is -0.493 e. The van der Waals surface area contributed by atoms with Crippen LogP contribution in [-0.2, 0) is 4.79 Å². The van der Waals surface area contributed by atoms with E-state index in [1.54, 1.807) is 11.9 Å². The van der Waals surface area contributed by atoms with Crippen LogP contribution in [0.4, 0.5) is 0 Å². The largest absolute Gasteiger partial charge is 0.493 e. The molecule has 112 valence electrons. The lowest BCUT2D eigenvalue weighted by atomic mass is 10.0. The highest BCUT2D eigenvalue weighted by atomic mass is 16.5. The molecule has 0 aromatic heterocycles. The fraction of sp³-hybridized carbons (Fsp3) is 0.562. The molecule has 0 aliphatic heterocycles. The Morgan fingerprint density at radius 3 is 2.35 bits per heavy atom. The van der Waals surface area contributed by atoms with E-state index >= 15 is 0 Å². The summed E-state index contributed by atoms with van der Waals surface area (Å²) < 4.78 is 5.60. The van der Waals surface area contributed by atoms with E-state index in [4.69, 9.17) is 10.5 Å². The molecule has 0 spiro atoms. The summed E-state index contributed by atoms with van der Waals surface area (Å²) in [6.45, 7) is 7.11. The Morgan fingerprint density at radius 1 is 1.25 bits per heavy atom. The zero-order valence-electron chi connectivity index (χ0n) is 12.9. The molecular weight excluding hydrogens is 252 g/mol. The van der Waals surface area contributed by atoms with Gasteiger partial charge >= 0.3 is 0 Å². The summed E-state index contributed by atoms with van der Waals surface area (Å²) in [5, 5.41) is 0. The van der Waals surface area contributed by atoms with Gasteiger partial charge in [0.05, 0.1) is 13.0 Å². The molecule has 1 aromatic rings. The molecule has 1 unspecified atom stereocenters. The molecule has 1 amide bonds. The van der Waals surface area contributed by atoms with Crippen LogP contribution in [-0.4, -0.2) is 37.0 Å². The van der Waals surface area contributed by atoms with Crippen molar-refractivity contribution in [2.24, 2.45) is 5.73 Å². The molecule has 0 heterocycles. The SMILES string of the molecule is CC(C)c1ccc(OCCC(=O)N(C)C(C)CN)cc1. The van der Waals surface area contributed by atoms with Crippen molar-refractivity contribution in [3.63, 3.8) is 0 Å². The van der Waals surface area contributed by atoms with E-state index < -0.39 is 0 Å². The maximum Gasteiger partial charge on any atom is 0.226 e. The van der Waals surface area contributed by atoms with E-state index in [0.29, 0.717) is 25.5 Å². The Labute approximate surface area is 121 Å². The van der Waals surface area contributed by atoms with Gasteiger partial charge in [-0.05, 0) is 30.5 Å². The Hall–Kier alpha value is -1.55. The molecule has 0 bridgehead atoms. The topological polar surface area (TPSA) is 55.6 Å². The Balaban J connectivity index is 2.39. The third-order valence-electron chi connectivity index (χ3n) is 3.53. The Morgan fingerprint density at radius 2 is 1.85 bits per heavy atom. The van der Waals surface area contributed by atoms with Gasteiger partial charge in [0, 0.05) is 19.6 Å². The van der Waals surface area contributed by atoms with Gasteiger partial charge in [-0.15, -0.1) is 0 Å². The van der Waals surface area contributed by atoms with Gasteiger partial charge in [0.1, 0.15) is 5.75 Å². The molecule has 1 atom stereocenters. The number of likely N-dealkylation sites (N-methyl/N-ethyl adjacent to an activating group) is 1. The third-order valence-corrected chi connectivity index (χ3v) is 3.53. The maximum atomic E-state index is 11.9. The van der Waals surface area contributed by atoms with Crippen molar-refractivity contribution in [3.8, 4) is 5.75 Å². The van der Waals surface area contributed by atoms with Crippen LogP contribution < -0.4 is 10.5 Å². The van der Waals surface area contributed by atoms with E-state index in [0.717, 1.165) is 5.75 Å². The predicted octanol–water partition coefficient (Wildman–Crippen LogP) is 2.38. The van der Waals surface area contributed by atoms with Gasteiger partial charge in [0.15, 0.2) is 0 Å². The van der Waals surface area contributed by atoms with E-state index in [9.17, 15) is 4.79 Å². The molecule has 0 radical (unpaired) electrons. The average molecular weight is 278 g/mol. The van der Waals surface area contributed by atoms with Gasteiger partial charge in [-0.3, -0.25) is 4.79 Å². The monoisotopic (exact) mass is 278 g/mol. The van der Waals surface area contributed by atoms with E-state index in [1.165, 1.54) is 5.56 Å². The summed E-state index contributed by atoms with van der Waals surface area (Å²) in [5.74, 6) is 1.37. The lowest BCUT2D eigenvalue weighted by molar-refractivity contribution is -0.132. The standard InChI is InChI=1S/C16H26N2O2/c1-12(2)14-5-7-15(8-6-14)20-10-9-16(19)18(4)13(3)11-17/h5-8,12-13H,9-11,17H2,1-4H3. The van der Waals surface area contributed by atoms with Gasteiger partial charge in [-0.1, -0.05) is 26.0 Å². The number of nitrogens with two attached hydrogens (primary N) is 1. The second-order valence-corrected chi connectivity index (χ2v) is 5.41. The summed E-state index contributed by atoms with van der Waals surface area (Å²) in [7, 11) is 1.78. The van der Waals surface area contributed by atoms with Crippen LogP contribution in [0.5, 0.6) is 5.75 Å². The number of ether oxygens (including phenoxy) is 1. The fourth-order valence-corrected chi connectivity index (χ4v) is 1.79. The number of carbonyl (C=O) groups excluding carboxylic acids is 1. The predicted molar refractivity (Wildman–Crippen MR) is 81.9 cm³/mol. The molecule has 0 saturated heterocycles. The average Bonchev–Trinajstić information content (AvgIpc) is 2.45. The molecule has 2 N–H and O–H groups in total. The fourth-order valence-electron chi connectivity index (χ4n) is 1.79. The molecule has 1 aromatic carbocycles. The quantitative estimate of drug-likeness (QED) is 0.833. The summed E-state index contributed by atoms with van der Waals surface area (Å²) >= 11 is 0. The first kappa shape index (κ1) is 16.5. The van der Waals surface area contributed by atoms with Crippen molar-refractivity contribution in [2.75, 3.05) is 20.2 Å². The minimum absolute atomic E-state index is 0.0572. The molecule has 0 aliphatic carbocycles. The second kappa shape index (κ2) is 7.90. The summed E-state index contributed by atoms with van der Waals surface area (Å²) in [6, 6.07) is 8.08. The summed E-state index contributed by atoms with van der Waals surface area (Å²) in [5.41, 5.74) is 6.83. The van der Waals surface area contributed by atoms with Crippen LogP contribution in [0, 0.1) is 0 Å². The van der Waals surface area contributed by atoms with Crippen molar-refractivity contribution >= 4 is 5.91 Å². The van der Waals surface area contributed by atoms with Gasteiger partial charge in [-0.2, -0.15) is 0 Å². The summed E-state index contributed by atoms with van der Waals surface area (Å²) in [6.07, 6.45) is 0.368. The van der Waals surface area contributed by atoms with Crippen LogP contribution in [0.15, 0.2) is 24.3 Å². The van der Waals surface area contributed by atoms with Crippen LogP contribution in [0.25, 0.3) is 0 Å². The number of benzene rings is 1. The van der Waals surface area contributed by atoms with Gasteiger partial charge in [0.2, 0.25) is 5.91 Å². The van der Waals surface area contributed by atoms with Gasteiger partial charge in [0.25, 0.3) is 0 Å². The highest BCUT2D eigenvalue weighted by molar-refractivity contribution is 5.76. The first-order valence-corrected chi connectivity index (χ1v) is 7.14. The van der Waals surface area contributed by atoms with Crippen molar-refractivity contribution in [1.82, 2.24) is 4.90 Å². The highest BCUT2D eigenvalue weighted by Gasteiger charge is 2.13. The minimum atomic E-state index is 0.0572. The Bertz CT molecular complexity index is 415. The van der Waals surface area contributed by atoms with Crippen LogP contribution in [0.1, 0.15) is 38.7 Å². The second-order valence-electron chi connectivity index (χ2n) is 5.41. The number of nitrogens with zero attached hydrogens (tertiary/aromatic N) is 1. The lowest BCUT2D eigenvalue weighted by Gasteiger charge is -2.23. The molecule has 20 heavy (non-hydrogen) atoms. The number of rotatable bonds is 7. The lowest BCUT2D eigenvalue weighted by Crippen LogP contribution is -2.40. The first-order chi connectivity index (χ1) is 9.45. The molecule has 0 saturated carbocycles. The molecule has 0 aliphatic rings. The van der Waals surface area contributed by atoms with Crippen molar-refractivity contribution in [2.45, 2.75) is 39.2 Å². The Kier molecular flexibility index (Phi) is 6.52. The normalized spacial score (nSPS) is 12.3. The number of amides is 1. The molecule has 4 heteroatoms. The van der Waals surface area contributed by atoms with E-state index in [2.05, 4.69) is 26.0 Å². The van der Waals surface area contributed by atoms with Crippen molar-refractivity contribution < 1.29 is 9.53 Å². The van der Waals surface area contributed by atoms with Crippen molar-refractivity contribution in [3.05, 3.63) is 29.8 Å². The molecule has 1 rings (SSSR count). The molecule has 4 nitrogen and oxygen atoms in total. The van der Waals surface area contributed by atoms with E-state index in [1.807, 2.05) is 19.1 Å². The zero-order valence-corrected chi connectivity index (χ0v) is 12.9. The van der Waals surface area contributed by atoms with Crippen LogP contribution in [0.2, 0.25) is 0 Å². The van der Waals surface area contributed by atoms with Crippen LogP contribution in [0.3, 0.4) is 0 Å². The number of hydrogen-bond acceptors (Lipinski definition) is 3. The van der Waals surface area contributed by atoms with Gasteiger partial charge < -0.3 is 15.4 Å². The van der Waals surface area contributed by atoms with Crippen LogP contribution >= 0.6 is 0 Å². The first-order valence-electron chi connectivity index (χ1n) is 7.14. The molecular formula is C16H26N2O2. The smallest absolute Gasteiger partial charge is 0.226 e. The maximum absolute atomic E-state index is 11.9. The third kappa shape index (κ3) is 4.85.